The minimum atomic E-state index is -2.90. The number of carbonyl (C=O) groups excluding carboxylic acids is 2. The Morgan fingerprint density at radius 3 is 2.15 bits per heavy atom. The van der Waals surface area contributed by atoms with Gasteiger partial charge in [-0.25, -0.2) is 0 Å². The van der Waals surface area contributed by atoms with Crippen molar-refractivity contribution in [1.29, 1.82) is 0 Å². The van der Waals surface area contributed by atoms with Gasteiger partial charge in [0.25, 0.3) is 0 Å². The number of alkyl halides is 2. The van der Waals surface area contributed by atoms with Crippen LogP contribution in [0, 0.1) is 0 Å². The highest BCUT2D eigenvalue weighted by atomic mass is 19.3. The van der Waals surface area contributed by atoms with Crippen LogP contribution in [0.3, 0.4) is 0 Å². The summed E-state index contributed by atoms with van der Waals surface area (Å²) in [7, 11) is 0. The SMILES string of the molecule is CCOc1ccc(C(=O)CCC(=O)Nc2ccc(OC(F)F)cc2)cc1. The van der Waals surface area contributed by atoms with Crippen molar-refractivity contribution in [1.82, 2.24) is 0 Å². The predicted octanol–water partition coefficient (Wildman–Crippen LogP) is 4.29. The number of hydrogen-bond acceptors (Lipinski definition) is 4. The number of ether oxygens (including phenoxy) is 2. The molecule has 2 aromatic carbocycles. The fourth-order valence-corrected chi connectivity index (χ4v) is 2.22. The molecule has 0 saturated carbocycles. The average molecular weight is 363 g/mol. The number of rotatable bonds is 9. The topological polar surface area (TPSA) is 64.6 Å². The van der Waals surface area contributed by atoms with Crippen LogP contribution >= 0.6 is 0 Å². The van der Waals surface area contributed by atoms with E-state index in [0.717, 1.165) is 0 Å². The maximum absolute atomic E-state index is 12.1. The third kappa shape index (κ3) is 6.16. The van der Waals surface area contributed by atoms with Gasteiger partial charge in [-0.05, 0) is 55.5 Å². The first kappa shape index (κ1) is 19.4. The lowest BCUT2D eigenvalue weighted by Crippen LogP contribution is -2.13. The highest BCUT2D eigenvalue weighted by Crippen LogP contribution is 2.18. The van der Waals surface area contributed by atoms with Crippen LogP contribution in [0.5, 0.6) is 11.5 Å². The normalized spacial score (nSPS) is 10.5. The van der Waals surface area contributed by atoms with Crippen molar-refractivity contribution in [2.45, 2.75) is 26.4 Å². The number of ketones is 1. The summed E-state index contributed by atoms with van der Waals surface area (Å²) in [5, 5.41) is 2.60. The van der Waals surface area contributed by atoms with E-state index in [2.05, 4.69) is 10.1 Å². The van der Waals surface area contributed by atoms with Gasteiger partial charge in [-0.15, -0.1) is 0 Å². The van der Waals surface area contributed by atoms with Crippen LogP contribution in [0.15, 0.2) is 48.5 Å². The summed E-state index contributed by atoms with van der Waals surface area (Å²) in [6, 6.07) is 12.3. The van der Waals surface area contributed by atoms with Crippen molar-refractivity contribution in [3.05, 3.63) is 54.1 Å². The molecular weight excluding hydrogens is 344 g/mol. The molecule has 0 unspecified atom stereocenters. The molecule has 0 heterocycles. The second kappa shape index (κ2) is 9.50. The molecule has 0 aliphatic carbocycles. The Hall–Kier alpha value is -2.96. The number of halogens is 2. The predicted molar refractivity (Wildman–Crippen MR) is 92.9 cm³/mol. The van der Waals surface area contributed by atoms with Gasteiger partial charge in [0.15, 0.2) is 5.78 Å². The molecule has 2 aromatic rings. The van der Waals surface area contributed by atoms with Gasteiger partial charge in [-0.1, -0.05) is 0 Å². The lowest BCUT2D eigenvalue weighted by Gasteiger charge is -2.08. The summed E-state index contributed by atoms with van der Waals surface area (Å²) >= 11 is 0. The summed E-state index contributed by atoms with van der Waals surface area (Å²) in [5.41, 5.74) is 0.944. The second-order valence-electron chi connectivity index (χ2n) is 5.33. The molecule has 26 heavy (non-hydrogen) atoms. The molecule has 0 bridgehead atoms. The standard InChI is InChI=1S/C19H19F2NO4/c1-2-25-15-7-3-13(4-8-15)17(23)11-12-18(24)22-14-5-9-16(10-6-14)26-19(20)21/h3-10,19H,2,11-12H2,1H3,(H,22,24). The van der Waals surface area contributed by atoms with Crippen LogP contribution in [0.25, 0.3) is 0 Å². The van der Waals surface area contributed by atoms with Crippen molar-refractivity contribution in [3.63, 3.8) is 0 Å². The quantitative estimate of drug-likeness (QED) is 0.675. The molecule has 0 spiro atoms. The third-order valence-corrected chi connectivity index (χ3v) is 3.43. The molecular formula is C19H19F2NO4. The van der Waals surface area contributed by atoms with E-state index in [9.17, 15) is 18.4 Å². The molecule has 0 aromatic heterocycles. The Morgan fingerprint density at radius 1 is 0.962 bits per heavy atom. The lowest BCUT2D eigenvalue weighted by atomic mass is 10.1. The van der Waals surface area contributed by atoms with Crippen molar-refractivity contribution >= 4 is 17.4 Å². The Morgan fingerprint density at radius 2 is 1.58 bits per heavy atom. The minimum Gasteiger partial charge on any atom is -0.494 e. The van der Waals surface area contributed by atoms with Gasteiger partial charge in [-0.2, -0.15) is 8.78 Å². The molecule has 1 amide bonds. The van der Waals surface area contributed by atoms with Gasteiger partial charge in [0.2, 0.25) is 5.91 Å². The number of carbonyl (C=O) groups is 2. The molecule has 0 saturated heterocycles. The van der Waals surface area contributed by atoms with Crippen LogP contribution in [-0.4, -0.2) is 24.9 Å². The molecule has 2 rings (SSSR count). The van der Waals surface area contributed by atoms with E-state index < -0.39 is 6.61 Å². The second-order valence-corrected chi connectivity index (χ2v) is 5.33. The number of benzene rings is 2. The van der Waals surface area contributed by atoms with Crippen molar-refractivity contribution in [2.75, 3.05) is 11.9 Å². The molecule has 0 radical (unpaired) electrons. The summed E-state index contributed by atoms with van der Waals surface area (Å²) in [5.74, 6) is 0.195. The number of nitrogens with one attached hydrogen (secondary N) is 1. The lowest BCUT2D eigenvalue weighted by molar-refractivity contribution is -0.116. The highest BCUT2D eigenvalue weighted by molar-refractivity contribution is 6.00. The maximum Gasteiger partial charge on any atom is 0.387 e. The molecule has 0 aliphatic rings. The molecule has 0 fully saturated rings. The smallest absolute Gasteiger partial charge is 0.387 e. The molecule has 1 N–H and O–H groups in total. The number of Topliss-reactive ketones (excluding diaryl/α,β-unsaturated/α-hetero) is 1. The number of amides is 1. The van der Waals surface area contributed by atoms with E-state index in [-0.39, 0.29) is 30.3 Å². The first-order chi connectivity index (χ1) is 12.5. The summed E-state index contributed by atoms with van der Waals surface area (Å²) in [4.78, 5) is 24.0. The van der Waals surface area contributed by atoms with Crippen LogP contribution in [0.1, 0.15) is 30.1 Å². The minimum absolute atomic E-state index is 0.00340. The Kier molecular flexibility index (Phi) is 7.08. The van der Waals surface area contributed by atoms with Crippen LogP contribution < -0.4 is 14.8 Å². The zero-order chi connectivity index (χ0) is 18.9. The fourth-order valence-electron chi connectivity index (χ4n) is 2.22. The zero-order valence-electron chi connectivity index (χ0n) is 14.2. The highest BCUT2D eigenvalue weighted by Gasteiger charge is 2.10. The van der Waals surface area contributed by atoms with Crippen molar-refractivity contribution in [3.8, 4) is 11.5 Å². The van der Waals surface area contributed by atoms with Crippen LogP contribution in [-0.2, 0) is 4.79 Å². The first-order valence-electron chi connectivity index (χ1n) is 8.08. The van der Waals surface area contributed by atoms with Crippen molar-refractivity contribution in [2.24, 2.45) is 0 Å². The van der Waals surface area contributed by atoms with Gasteiger partial charge < -0.3 is 14.8 Å². The van der Waals surface area contributed by atoms with E-state index in [1.54, 1.807) is 24.3 Å². The van der Waals surface area contributed by atoms with Gasteiger partial charge in [0, 0.05) is 24.1 Å². The van der Waals surface area contributed by atoms with E-state index in [1.807, 2.05) is 6.92 Å². The van der Waals surface area contributed by atoms with Crippen molar-refractivity contribution < 1.29 is 27.8 Å². The molecule has 7 heteroatoms. The summed E-state index contributed by atoms with van der Waals surface area (Å²) < 4.78 is 33.7. The fraction of sp³-hybridized carbons (Fsp3) is 0.263. The van der Waals surface area contributed by atoms with E-state index in [0.29, 0.717) is 23.6 Å². The summed E-state index contributed by atoms with van der Waals surface area (Å²) in [6.07, 6.45) is 0.0771. The van der Waals surface area contributed by atoms with Crippen LogP contribution in [0.2, 0.25) is 0 Å². The molecule has 138 valence electrons. The van der Waals surface area contributed by atoms with E-state index in [4.69, 9.17) is 4.74 Å². The van der Waals surface area contributed by atoms with Gasteiger partial charge in [-0.3, -0.25) is 9.59 Å². The monoisotopic (exact) mass is 363 g/mol. The number of anilines is 1. The van der Waals surface area contributed by atoms with Gasteiger partial charge in [0.05, 0.1) is 6.61 Å². The maximum atomic E-state index is 12.1. The average Bonchev–Trinajstić information content (AvgIpc) is 2.62. The summed E-state index contributed by atoms with van der Waals surface area (Å²) in [6.45, 7) is -0.483. The first-order valence-corrected chi connectivity index (χ1v) is 8.08. The van der Waals surface area contributed by atoms with E-state index in [1.165, 1.54) is 24.3 Å². The van der Waals surface area contributed by atoms with Gasteiger partial charge in [0.1, 0.15) is 11.5 Å². The molecule has 0 atom stereocenters. The Balaban J connectivity index is 1.81. The molecule has 5 nitrogen and oxygen atoms in total. The Bertz CT molecular complexity index is 730. The third-order valence-electron chi connectivity index (χ3n) is 3.43. The zero-order valence-corrected chi connectivity index (χ0v) is 14.2. The van der Waals surface area contributed by atoms with Gasteiger partial charge >= 0.3 is 6.61 Å². The van der Waals surface area contributed by atoms with E-state index >= 15 is 0 Å². The molecule has 0 aliphatic heterocycles. The number of hydrogen-bond donors (Lipinski definition) is 1. The Labute approximate surface area is 149 Å². The van der Waals surface area contributed by atoms with Crippen LogP contribution in [0.4, 0.5) is 14.5 Å². The largest absolute Gasteiger partial charge is 0.494 e.